The van der Waals surface area contributed by atoms with E-state index in [2.05, 4.69) is 12.0 Å². The summed E-state index contributed by atoms with van der Waals surface area (Å²) in [5.41, 5.74) is 3.10. The number of aryl methyl sites for hydroxylation is 2. The van der Waals surface area contributed by atoms with Crippen LogP contribution in [0.4, 0.5) is 0 Å². The molecule has 1 atom stereocenters. The normalized spacial score (nSPS) is 12.4. The van der Waals surface area contributed by atoms with Gasteiger partial charge in [-0.05, 0) is 31.5 Å². The Kier molecular flexibility index (Phi) is 4.79. The highest BCUT2D eigenvalue weighted by atomic mass is 16.5. The minimum Gasteiger partial charge on any atom is -0.496 e. The first-order valence-electron chi connectivity index (χ1n) is 6.97. The Morgan fingerprint density at radius 3 is 2.75 bits per heavy atom. The van der Waals surface area contributed by atoms with Crippen LogP contribution in [-0.2, 0) is 19.4 Å². The number of para-hydroxylation sites is 1. The molecule has 0 bridgehead atoms. The van der Waals surface area contributed by atoms with Crippen LogP contribution >= 0.6 is 0 Å². The number of rotatable bonds is 6. The number of hydrogen-bond donors (Lipinski definition) is 1. The molecule has 0 spiro atoms. The van der Waals surface area contributed by atoms with Crippen LogP contribution in [0.3, 0.4) is 0 Å². The number of aromatic nitrogens is 2. The third kappa shape index (κ3) is 3.39. The van der Waals surface area contributed by atoms with Crippen LogP contribution in [0.5, 0.6) is 5.75 Å². The van der Waals surface area contributed by atoms with Crippen molar-refractivity contribution in [2.24, 2.45) is 0 Å². The van der Waals surface area contributed by atoms with E-state index < -0.39 is 6.10 Å². The lowest BCUT2D eigenvalue weighted by atomic mass is 10.0. The van der Waals surface area contributed by atoms with Crippen molar-refractivity contribution in [3.63, 3.8) is 0 Å². The zero-order valence-corrected chi connectivity index (χ0v) is 12.3. The zero-order valence-electron chi connectivity index (χ0n) is 12.3. The van der Waals surface area contributed by atoms with E-state index >= 15 is 0 Å². The summed E-state index contributed by atoms with van der Waals surface area (Å²) in [6.07, 6.45) is 0.748. The molecule has 1 aromatic heterocycles. The molecule has 1 heterocycles. The topological polar surface area (TPSA) is 47.3 Å². The molecule has 0 saturated carbocycles. The van der Waals surface area contributed by atoms with Gasteiger partial charge in [0.05, 0.1) is 18.9 Å². The van der Waals surface area contributed by atoms with Crippen molar-refractivity contribution < 1.29 is 9.84 Å². The molecule has 2 rings (SSSR count). The van der Waals surface area contributed by atoms with Gasteiger partial charge in [-0.2, -0.15) is 5.10 Å². The average Bonchev–Trinajstić information content (AvgIpc) is 2.79. The Labute approximate surface area is 120 Å². The summed E-state index contributed by atoms with van der Waals surface area (Å²) in [5.74, 6) is 0.826. The van der Waals surface area contributed by atoms with Crippen LogP contribution in [0, 0.1) is 6.92 Å². The van der Waals surface area contributed by atoms with Crippen LogP contribution in [0.2, 0.25) is 0 Å². The molecule has 1 unspecified atom stereocenters. The van der Waals surface area contributed by atoms with E-state index in [1.54, 1.807) is 7.11 Å². The maximum absolute atomic E-state index is 10.3. The summed E-state index contributed by atoms with van der Waals surface area (Å²) < 4.78 is 7.26. The number of hydrogen-bond acceptors (Lipinski definition) is 3. The van der Waals surface area contributed by atoms with Gasteiger partial charge in [0.25, 0.3) is 0 Å². The van der Waals surface area contributed by atoms with Gasteiger partial charge in [0.15, 0.2) is 0 Å². The lowest BCUT2D eigenvalue weighted by molar-refractivity contribution is 0.171. The van der Waals surface area contributed by atoms with Crippen LogP contribution in [0.1, 0.15) is 23.9 Å². The summed E-state index contributed by atoms with van der Waals surface area (Å²) in [4.78, 5) is 0. The molecular weight excluding hydrogens is 252 g/mol. The molecule has 108 valence electrons. The maximum Gasteiger partial charge on any atom is 0.122 e. The van der Waals surface area contributed by atoms with E-state index in [4.69, 9.17) is 4.74 Å². The van der Waals surface area contributed by atoms with Crippen molar-refractivity contribution in [1.82, 2.24) is 9.78 Å². The van der Waals surface area contributed by atoms with Crippen molar-refractivity contribution in [3.8, 4) is 5.75 Å². The van der Waals surface area contributed by atoms with E-state index in [1.807, 2.05) is 41.9 Å². The molecule has 0 aliphatic carbocycles. The lowest BCUT2D eigenvalue weighted by Gasteiger charge is -2.14. The molecular formula is C16H22N2O2. The maximum atomic E-state index is 10.3. The Balaban J connectivity index is 2.06. The van der Waals surface area contributed by atoms with Crippen LogP contribution in [0.15, 0.2) is 30.3 Å². The van der Waals surface area contributed by atoms with E-state index in [0.29, 0.717) is 12.8 Å². The number of aliphatic hydroxyl groups excluding tert-OH is 1. The SMILES string of the molecule is CCn1nc(C)cc1CC(O)Cc1ccccc1OC. The fourth-order valence-electron chi connectivity index (χ4n) is 2.48. The minimum atomic E-state index is -0.437. The molecule has 0 aliphatic heterocycles. The van der Waals surface area contributed by atoms with Gasteiger partial charge in [-0.15, -0.1) is 0 Å². The fraction of sp³-hybridized carbons (Fsp3) is 0.438. The predicted molar refractivity (Wildman–Crippen MR) is 79.0 cm³/mol. The number of aliphatic hydroxyl groups is 1. The van der Waals surface area contributed by atoms with Gasteiger partial charge in [0, 0.05) is 25.1 Å². The van der Waals surface area contributed by atoms with Gasteiger partial charge < -0.3 is 9.84 Å². The Hall–Kier alpha value is -1.81. The zero-order chi connectivity index (χ0) is 14.5. The Bertz CT molecular complexity index is 563. The van der Waals surface area contributed by atoms with Crippen LogP contribution in [0.25, 0.3) is 0 Å². The van der Waals surface area contributed by atoms with Crippen molar-refractivity contribution in [1.29, 1.82) is 0 Å². The average molecular weight is 274 g/mol. The van der Waals surface area contributed by atoms with E-state index in [1.165, 1.54) is 0 Å². The molecule has 4 heteroatoms. The number of benzene rings is 1. The van der Waals surface area contributed by atoms with Gasteiger partial charge in [-0.25, -0.2) is 0 Å². The van der Waals surface area contributed by atoms with E-state index in [0.717, 1.165) is 29.2 Å². The molecule has 1 N–H and O–H groups in total. The van der Waals surface area contributed by atoms with E-state index in [9.17, 15) is 5.11 Å². The summed E-state index contributed by atoms with van der Waals surface area (Å²) in [6, 6.07) is 9.84. The highest BCUT2D eigenvalue weighted by Crippen LogP contribution is 2.20. The van der Waals surface area contributed by atoms with Crippen molar-refractivity contribution >= 4 is 0 Å². The second-order valence-corrected chi connectivity index (χ2v) is 4.97. The number of methoxy groups -OCH3 is 1. The third-order valence-corrected chi connectivity index (χ3v) is 3.38. The monoisotopic (exact) mass is 274 g/mol. The first kappa shape index (κ1) is 14.6. The third-order valence-electron chi connectivity index (χ3n) is 3.38. The summed E-state index contributed by atoms with van der Waals surface area (Å²) >= 11 is 0. The standard InChI is InChI=1S/C16H22N2O2/c1-4-18-14(9-12(2)17-18)11-15(19)10-13-7-5-6-8-16(13)20-3/h5-9,15,19H,4,10-11H2,1-3H3. The van der Waals surface area contributed by atoms with Gasteiger partial charge >= 0.3 is 0 Å². The molecule has 0 radical (unpaired) electrons. The highest BCUT2D eigenvalue weighted by molar-refractivity contribution is 5.33. The first-order chi connectivity index (χ1) is 9.63. The number of nitrogens with zero attached hydrogens (tertiary/aromatic N) is 2. The second kappa shape index (κ2) is 6.57. The minimum absolute atomic E-state index is 0.437. The van der Waals surface area contributed by atoms with Crippen LogP contribution in [-0.4, -0.2) is 28.1 Å². The summed E-state index contributed by atoms with van der Waals surface area (Å²) in [7, 11) is 1.65. The summed E-state index contributed by atoms with van der Waals surface area (Å²) in [5, 5.41) is 14.7. The lowest BCUT2D eigenvalue weighted by Crippen LogP contribution is -2.17. The fourth-order valence-corrected chi connectivity index (χ4v) is 2.48. The van der Waals surface area contributed by atoms with Crippen molar-refractivity contribution in [2.45, 2.75) is 39.3 Å². The van der Waals surface area contributed by atoms with Crippen molar-refractivity contribution in [3.05, 3.63) is 47.3 Å². The van der Waals surface area contributed by atoms with Gasteiger partial charge in [0.1, 0.15) is 5.75 Å². The first-order valence-corrected chi connectivity index (χ1v) is 6.97. The predicted octanol–water partition coefficient (Wildman–Crippen LogP) is 2.37. The molecule has 1 aromatic carbocycles. The molecule has 0 fully saturated rings. The molecule has 0 saturated heterocycles. The highest BCUT2D eigenvalue weighted by Gasteiger charge is 2.13. The Morgan fingerprint density at radius 2 is 2.05 bits per heavy atom. The molecule has 4 nitrogen and oxygen atoms in total. The number of ether oxygens (including phenoxy) is 1. The molecule has 20 heavy (non-hydrogen) atoms. The quantitative estimate of drug-likeness (QED) is 0.879. The summed E-state index contributed by atoms with van der Waals surface area (Å²) in [6.45, 7) is 4.86. The molecule has 0 amide bonds. The van der Waals surface area contributed by atoms with Crippen LogP contribution < -0.4 is 4.74 Å². The van der Waals surface area contributed by atoms with Crippen molar-refractivity contribution in [2.75, 3.05) is 7.11 Å². The second-order valence-electron chi connectivity index (χ2n) is 4.97. The molecule has 0 aliphatic rings. The Morgan fingerprint density at radius 1 is 1.30 bits per heavy atom. The van der Waals surface area contributed by atoms with E-state index in [-0.39, 0.29) is 0 Å². The van der Waals surface area contributed by atoms with Gasteiger partial charge in [0.2, 0.25) is 0 Å². The smallest absolute Gasteiger partial charge is 0.122 e. The largest absolute Gasteiger partial charge is 0.496 e. The van der Waals surface area contributed by atoms with Gasteiger partial charge in [-0.3, -0.25) is 4.68 Å². The molecule has 2 aromatic rings. The van der Waals surface area contributed by atoms with Gasteiger partial charge in [-0.1, -0.05) is 18.2 Å².